The van der Waals surface area contributed by atoms with Crippen molar-refractivity contribution in [3.63, 3.8) is 0 Å². The van der Waals surface area contributed by atoms with Gasteiger partial charge in [0, 0.05) is 5.56 Å². The van der Waals surface area contributed by atoms with Gasteiger partial charge in [-0.1, -0.05) is 42.5 Å². The van der Waals surface area contributed by atoms with Crippen LogP contribution in [-0.4, -0.2) is 11.3 Å². The highest BCUT2D eigenvalue weighted by atomic mass is 35.5. The van der Waals surface area contributed by atoms with E-state index in [0.717, 1.165) is 12.0 Å². The van der Waals surface area contributed by atoms with Crippen LogP contribution in [0.3, 0.4) is 0 Å². The van der Waals surface area contributed by atoms with Crippen molar-refractivity contribution in [2.45, 2.75) is 17.8 Å². The van der Waals surface area contributed by atoms with E-state index in [2.05, 4.69) is 11.4 Å². The normalized spacial score (nSPS) is 20.9. The second kappa shape index (κ2) is 5.06. The molecule has 0 spiro atoms. The molecule has 1 amide bonds. The summed E-state index contributed by atoms with van der Waals surface area (Å²) in [7, 11) is 0. The molecule has 0 bridgehead atoms. The summed E-state index contributed by atoms with van der Waals surface area (Å²) < 4.78 is 0. The zero-order valence-corrected chi connectivity index (χ0v) is 11.1. The third-order valence-corrected chi connectivity index (χ3v) is 3.90. The first-order valence-electron chi connectivity index (χ1n) is 6.33. The Morgan fingerprint density at radius 2 is 1.74 bits per heavy atom. The molecule has 0 heterocycles. The molecule has 19 heavy (non-hydrogen) atoms. The summed E-state index contributed by atoms with van der Waals surface area (Å²) in [6, 6.07) is 17.2. The van der Waals surface area contributed by atoms with Gasteiger partial charge in [-0.15, -0.1) is 11.6 Å². The Kier molecular flexibility index (Phi) is 3.26. The quantitative estimate of drug-likeness (QED) is 0.834. The SMILES string of the molecule is O=C(N[C@@H]1c2ccccc2C[C@@H]1Cl)c1ccccc1. The molecule has 1 aliphatic carbocycles. The van der Waals surface area contributed by atoms with Crippen molar-refractivity contribution in [2.24, 2.45) is 0 Å². The highest BCUT2D eigenvalue weighted by molar-refractivity contribution is 6.21. The Morgan fingerprint density at radius 1 is 1.05 bits per heavy atom. The Hall–Kier alpha value is -1.80. The number of hydrogen-bond acceptors (Lipinski definition) is 1. The molecule has 3 heteroatoms. The van der Waals surface area contributed by atoms with E-state index in [1.54, 1.807) is 12.1 Å². The lowest BCUT2D eigenvalue weighted by molar-refractivity contribution is 0.0937. The Bertz CT molecular complexity index is 597. The van der Waals surface area contributed by atoms with Crippen molar-refractivity contribution < 1.29 is 4.79 Å². The number of amides is 1. The van der Waals surface area contributed by atoms with Gasteiger partial charge in [-0.25, -0.2) is 0 Å². The average Bonchev–Trinajstić information content (AvgIpc) is 2.76. The topological polar surface area (TPSA) is 29.1 Å². The summed E-state index contributed by atoms with van der Waals surface area (Å²) in [5, 5.41) is 2.95. The Labute approximate surface area is 117 Å². The number of benzene rings is 2. The number of fused-ring (bicyclic) bond motifs is 1. The summed E-state index contributed by atoms with van der Waals surface area (Å²) in [6.45, 7) is 0. The van der Waals surface area contributed by atoms with Crippen LogP contribution in [0.2, 0.25) is 0 Å². The van der Waals surface area contributed by atoms with E-state index in [1.165, 1.54) is 5.56 Å². The van der Waals surface area contributed by atoms with Gasteiger partial charge in [-0.2, -0.15) is 0 Å². The number of alkyl halides is 1. The molecule has 0 saturated carbocycles. The fraction of sp³-hybridized carbons (Fsp3) is 0.188. The third-order valence-electron chi connectivity index (χ3n) is 3.49. The van der Waals surface area contributed by atoms with Crippen LogP contribution >= 0.6 is 11.6 Å². The van der Waals surface area contributed by atoms with Gasteiger partial charge in [0.05, 0.1) is 11.4 Å². The minimum Gasteiger partial charge on any atom is -0.344 e. The minimum atomic E-state index is -0.106. The zero-order chi connectivity index (χ0) is 13.2. The second-order valence-electron chi connectivity index (χ2n) is 4.74. The molecule has 96 valence electrons. The summed E-state index contributed by atoms with van der Waals surface area (Å²) >= 11 is 6.36. The maximum absolute atomic E-state index is 12.2. The van der Waals surface area contributed by atoms with Gasteiger partial charge in [-0.3, -0.25) is 4.79 Å². The standard InChI is InChI=1S/C16H14ClNO/c17-14-10-12-8-4-5-9-13(12)15(14)18-16(19)11-6-2-1-3-7-11/h1-9,14-15H,10H2,(H,18,19)/t14-,15+/m0/s1. The van der Waals surface area contributed by atoms with E-state index in [9.17, 15) is 4.79 Å². The molecule has 2 aromatic rings. The number of hydrogen-bond donors (Lipinski definition) is 1. The molecule has 0 fully saturated rings. The number of rotatable bonds is 2. The van der Waals surface area contributed by atoms with Gasteiger partial charge < -0.3 is 5.32 Å². The summed E-state index contributed by atoms with van der Waals surface area (Å²) in [5.41, 5.74) is 3.02. The van der Waals surface area contributed by atoms with Crippen LogP contribution in [0.15, 0.2) is 54.6 Å². The van der Waals surface area contributed by atoms with Gasteiger partial charge in [0.25, 0.3) is 5.91 Å². The Balaban J connectivity index is 1.82. The molecule has 1 N–H and O–H groups in total. The summed E-state index contributed by atoms with van der Waals surface area (Å²) in [6.07, 6.45) is 0.803. The Morgan fingerprint density at radius 3 is 2.53 bits per heavy atom. The molecule has 2 atom stereocenters. The molecular formula is C16H14ClNO. The van der Waals surface area contributed by atoms with Gasteiger partial charge in [0.2, 0.25) is 0 Å². The molecule has 0 aliphatic heterocycles. The molecule has 0 radical (unpaired) electrons. The van der Waals surface area contributed by atoms with Crippen molar-refractivity contribution in [2.75, 3.05) is 0 Å². The smallest absolute Gasteiger partial charge is 0.251 e. The van der Waals surface area contributed by atoms with Crippen molar-refractivity contribution in [1.29, 1.82) is 0 Å². The van der Waals surface area contributed by atoms with E-state index in [4.69, 9.17) is 11.6 Å². The van der Waals surface area contributed by atoms with E-state index >= 15 is 0 Å². The second-order valence-corrected chi connectivity index (χ2v) is 5.30. The van der Waals surface area contributed by atoms with Gasteiger partial charge in [0.15, 0.2) is 0 Å². The summed E-state index contributed by atoms with van der Waals surface area (Å²) in [4.78, 5) is 12.2. The van der Waals surface area contributed by atoms with Crippen LogP contribution in [0, 0.1) is 0 Å². The first kappa shape index (κ1) is 12.2. The average molecular weight is 272 g/mol. The largest absolute Gasteiger partial charge is 0.344 e. The molecule has 1 aliphatic rings. The lowest BCUT2D eigenvalue weighted by Gasteiger charge is -2.17. The lowest BCUT2D eigenvalue weighted by atomic mass is 10.1. The van der Waals surface area contributed by atoms with Crippen LogP contribution in [0.25, 0.3) is 0 Å². The van der Waals surface area contributed by atoms with Crippen molar-refractivity contribution in [3.8, 4) is 0 Å². The van der Waals surface area contributed by atoms with Crippen molar-refractivity contribution in [1.82, 2.24) is 5.32 Å². The highest BCUT2D eigenvalue weighted by Gasteiger charge is 2.31. The number of halogens is 1. The van der Waals surface area contributed by atoms with Crippen LogP contribution < -0.4 is 5.32 Å². The molecular weight excluding hydrogens is 258 g/mol. The molecule has 2 aromatic carbocycles. The predicted molar refractivity (Wildman–Crippen MR) is 76.4 cm³/mol. The zero-order valence-electron chi connectivity index (χ0n) is 10.3. The fourth-order valence-electron chi connectivity index (χ4n) is 2.53. The van der Waals surface area contributed by atoms with Crippen molar-refractivity contribution in [3.05, 3.63) is 71.3 Å². The monoisotopic (exact) mass is 271 g/mol. The number of carbonyl (C=O) groups is 1. The summed E-state index contributed by atoms with van der Waals surface area (Å²) in [5.74, 6) is -0.0760. The highest BCUT2D eigenvalue weighted by Crippen LogP contribution is 2.34. The van der Waals surface area contributed by atoms with Crippen LogP contribution in [0.4, 0.5) is 0 Å². The predicted octanol–water partition coefficient (Wildman–Crippen LogP) is 3.32. The minimum absolute atomic E-state index is 0.0760. The van der Waals surface area contributed by atoms with Gasteiger partial charge in [0.1, 0.15) is 0 Å². The van der Waals surface area contributed by atoms with Gasteiger partial charge in [-0.05, 0) is 29.7 Å². The fourth-order valence-corrected chi connectivity index (χ4v) is 2.89. The molecule has 0 unspecified atom stereocenters. The number of nitrogens with one attached hydrogen (secondary N) is 1. The van der Waals surface area contributed by atoms with E-state index in [-0.39, 0.29) is 17.3 Å². The van der Waals surface area contributed by atoms with E-state index in [0.29, 0.717) is 5.56 Å². The van der Waals surface area contributed by atoms with Crippen molar-refractivity contribution >= 4 is 17.5 Å². The maximum atomic E-state index is 12.2. The molecule has 3 rings (SSSR count). The molecule has 0 aromatic heterocycles. The van der Waals surface area contributed by atoms with Crippen LogP contribution in [-0.2, 0) is 6.42 Å². The first-order valence-corrected chi connectivity index (χ1v) is 6.77. The van der Waals surface area contributed by atoms with Crippen LogP contribution in [0.1, 0.15) is 27.5 Å². The maximum Gasteiger partial charge on any atom is 0.251 e. The third kappa shape index (κ3) is 2.36. The molecule has 2 nitrogen and oxygen atoms in total. The van der Waals surface area contributed by atoms with E-state index < -0.39 is 0 Å². The lowest BCUT2D eigenvalue weighted by Crippen LogP contribution is -2.31. The number of carbonyl (C=O) groups excluding carboxylic acids is 1. The first-order chi connectivity index (χ1) is 9.25. The van der Waals surface area contributed by atoms with Gasteiger partial charge >= 0.3 is 0 Å². The van der Waals surface area contributed by atoms with E-state index in [1.807, 2.05) is 36.4 Å². The molecule has 0 saturated heterocycles. The van der Waals surface area contributed by atoms with Crippen LogP contribution in [0.5, 0.6) is 0 Å².